The summed E-state index contributed by atoms with van der Waals surface area (Å²) in [6.45, 7) is 3.21. The van der Waals surface area contributed by atoms with Crippen LogP contribution in [0.4, 0.5) is 11.6 Å². The predicted molar refractivity (Wildman–Crippen MR) is 406 cm³/mol. The molecule has 684 valence electrons. The van der Waals surface area contributed by atoms with Crippen molar-refractivity contribution in [1.82, 2.24) is 60.3 Å². The SMILES string of the molecule is CC(C)(CCCCCCc1ccccc1CCCCCCC1(C(=O)CCNC(=O)CCNC(=O)C(O)C(C)(C)COP(=O)([O-])OP(=O)([O-])OCC2OC(n3cnc4c(N)ncnc43)C(O)C2OP(=O)([O-])[O-])CC1)C(=O)CCNC(=O)CCNC(=O)C(O)C(C)(C)COP(=O)([O-])OP(=O)([O-])OCC1OC(n2cnc3c(N)ncnc32)C(O)C1OP(=O)([O-])[O-]. The van der Waals surface area contributed by atoms with Crippen molar-refractivity contribution in [3.05, 3.63) is 60.7 Å². The molecule has 2 saturated heterocycles. The fraction of sp³-hybridized carbons (Fsp3) is 0.676. The third-order valence-electron chi connectivity index (χ3n) is 20.6. The van der Waals surface area contributed by atoms with Crippen LogP contribution in [0.5, 0.6) is 0 Å². The Labute approximate surface area is 699 Å². The Hall–Kier alpha value is -6.36. The summed E-state index contributed by atoms with van der Waals surface area (Å²) in [6, 6.07) is 8.31. The van der Waals surface area contributed by atoms with Gasteiger partial charge in [-0.25, -0.2) is 38.5 Å². The van der Waals surface area contributed by atoms with Crippen LogP contribution in [0.1, 0.15) is 168 Å². The number of nitrogens with zero attached hydrogens (tertiary/aromatic N) is 8. The van der Waals surface area contributed by atoms with Crippen LogP contribution >= 0.6 is 46.9 Å². The van der Waals surface area contributed by atoms with Gasteiger partial charge in [0.15, 0.2) is 35.4 Å². The molecular formula is C68H100N14O34P6-8. The number of carbonyl (C=O) groups excluding carboxylic acids is 6. The van der Waals surface area contributed by atoms with Crippen molar-refractivity contribution >= 4 is 116 Å². The standard InChI is InChI=1S/C68H108N14O34P6/c1-65(2,45(83)21-29-71-47(85)23-31-73-61(91)55(89)66(3,4)35-109-121(103,104)115-119(99,100)107-33-43-53(113-117(93,94)95)51(87)63(111-43)81-39-79-49-57(69)75-37-77-59(49)81)25-15-9-7-11-17-41-19-13-14-20-42(41)18-12-8-10-16-26-68(27-28-68)46(84)22-30-72-48(86)24-32-74-62(92)56(90)67(5,6)36-110-122(105,106)116-120(101,102)108-34-44-54(114-118(96,97)98)52(88)64(112-44)82-40-80-50-58(70)76-38-78-60(50)82/h13-14,19-20,37-40,43-44,51-56,63-64,87-90H,7-12,15-18,21-36H2,1-6H3,(H,71,85)(H,72,86)(H,73,91)(H,74,92)(H,99,100)(H,101,102)(H,103,104)(H,105,106)(H2,69,75,77)(H2,70,76,78)(H2,93,94,95)(H2,96,97,98)/p-8. The number of imidazole rings is 2. The number of rotatable bonds is 54. The molecule has 8 rings (SSSR count). The van der Waals surface area contributed by atoms with Crippen LogP contribution in [0.3, 0.4) is 0 Å². The highest BCUT2D eigenvalue weighted by atomic mass is 31.3. The van der Waals surface area contributed by atoms with E-state index in [4.69, 9.17) is 20.9 Å². The number of amides is 4. The zero-order valence-corrected chi connectivity index (χ0v) is 72.6. The molecule has 1 aliphatic carbocycles. The van der Waals surface area contributed by atoms with Crippen LogP contribution in [-0.2, 0) is 114 Å². The number of Topliss-reactive ketones (excluding diaryl/α,β-unsaturated/α-hetero) is 2. The minimum atomic E-state index is -5.99. The number of unbranched alkanes of at least 4 members (excludes halogenated alkanes) is 6. The maximum atomic E-state index is 13.3. The maximum absolute atomic E-state index is 13.3. The van der Waals surface area contributed by atoms with Gasteiger partial charge in [-0.3, -0.25) is 56.2 Å². The first-order valence-corrected chi connectivity index (χ1v) is 47.4. The first-order chi connectivity index (χ1) is 56.8. The molecule has 3 aliphatic rings. The molecular weight excluding hydrogens is 1740 g/mol. The number of aliphatic hydroxyl groups is 4. The van der Waals surface area contributed by atoms with Crippen molar-refractivity contribution in [2.75, 3.05) is 64.1 Å². The molecule has 0 spiro atoms. The monoisotopic (exact) mass is 1840 g/mol. The first kappa shape index (κ1) is 101. The topological polar surface area (TPSA) is 750 Å². The molecule has 4 amide bonds. The number of nitrogen functional groups attached to an aromatic ring is 2. The number of ketones is 2. The van der Waals surface area contributed by atoms with Crippen LogP contribution in [0, 0.1) is 21.7 Å². The van der Waals surface area contributed by atoms with E-state index in [-0.39, 0.29) is 97.4 Å². The van der Waals surface area contributed by atoms with E-state index in [0.717, 1.165) is 118 Å². The predicted octanol–water partition coefficient (Wildman–Crippen LogP) is -1.82. The van der Waals surface area contributed by atoms with E-state index >= 15 is 0 Å². The van der Waals surface area contributed by atoms with Gasteiger partial charge in [-0.1, -0.05) is 104 Å². The number of carbonyl (C=O) groups is 6. The van der Waals surface area contributed by atoms with Crippen molar-refractivity contribution in [3.63, 3.8) is 0 Å². The molecule has 6 heterocycles. The summed E-state index contributed by atoms with van der Waals surface area (Å²) in [4.78, 5) is 198. The zero-order chi connectivity index (χ0) is 90.2. The number of aryl methyl sites for hydroxylation is 2. The van der Waals surface area contributed by atoms with Crippen LogP contribution in [-0.4, -0.2) is 196 Å². The number of aromatic nitrogens is 8. The molecule has 48 nitrogen and oxygen atoms in total. The first-order valence-electron chi connectivity index (χ1n) is 38.6. The number of hydrogen-bond acceptors (Lipinski definition) is 42. The van der Waals surface area contributed by atoms with Crippen LogP contribution in [0.25, 0.3) is 22.3 Å². The summed E-state index contributed by atoms with van der Waals surface area (Å²) >= 11 is 0. The van der Waals surface area contributed by atoms with Crippen molar-refractivity contribution in [3.8, 4) is 0 Å². The Bertz CT molecular complexity index is 4480. The highest BCUT2D eigenvalue weighted by molar-refractivity contribution is 7.60. The van der Waals surface area contributed by atoms with E-state index < -0.39 is 180 Å². The van der Waals surface area contributed by atoms with Gasteiger partial charge < -0.3 is 138 Å². The van der Waals surface area contributed by atoms with Crippen LogP contribution < -0.4 is 71.9 Å². The Morgan fingerprint density at radius 1 is 0.533 bits per heavy atom. The van der Waals surface area contributed by atoms with Gasteiger partial charge in [0, 0.05) is 73.5 Å². The van der Waals surface area contributed by atoms with Crippen molar-refractivity contribution in [2.24, 2.45) is 21.7 Å². The molecule has 3 fully saturated rings. The Morgan fingerprint density at radius 3 is 1.33 bits per heavy atom. The number of anilines is 2. The number of fused-ring (bicyclic) bond motifs is 2. The lowest BCUT2D eigenvalue weighted by Gasteiger charge is -2.36. The third kappa shape index (κ3) is 29.9. The van der Waals surface area contributed by atoms with Crippen molar-refractivity contribution in [1.29, 1.82) is 0 Å². The number of benzene rings is 1. The third-order valence-corrected chi connectivity index (χ3v) is 26.6. The number of ether oxygens (including phenoxy) is 2. The number of nitrogens with two attached hydrogens (primary N) is 2. The molecule has 0 bridgehead atoms. The highest BCUT2D eigenvalue weighted by Gasteiger charge is 2.51. The van der Waals surface area contributed by atoms with Gasteiger partial charge in [0.1, 0.15) is 84.1 Å². The van der Waals surface area contributed by atoms with Crippen LogP contribution in [0.2, 0.25) is 0 Å². The fourth-order valence-corrected chi connectivity index (χ4v) is 18.9. The molecule has 12 N–H and O–H groups in total. The summed E-state index contributed by atoms with van der Waals surface area (Å²) in [7, 11) is -35.6. The van der Waals surface area contributed by atoms with E-state index in [1.165, 1.54) is 38.8 Å². The fourth-order valence-electron chi connectivity index (χ4n) is 13.4. The number of hydrogen-bond donors (Lipinski definition) is 10. The lowest BCUT2D eigenvalue weighted by atomic mass is 9.81. The Kier molecular flexibility index (Phi) is 35.6. The average molecular weight is 1840 g/mol. The van der Waals surface area contributed by atoms with Gasteiger partial charge in [-0.15, -0.1) is 0 Å². The summed E-state index contributed by atoms with van der Waals surface area (Å²) < 4.78 is 123. The Balaban J connectivity index is 0.624. The largest absolute Gasteiger partial charge is 0.790 e. The lowest BCUT2D eigenvalue weighted by Crippen LogP contribution is -2.46. The summed E-state index contributed by atoms with van der Waals surface area (Å²) in [5.74, 6) is -3.38. The quantitative estimate of drug-likeness (QED) is 0.0151. The summed E-state index contributed by atoms with van der Waals surface area (Å²) in [5.41, 5.74) is 9.44. The zero-order valence-electron chi connectivity index (χ0n) is 67.2. The summed E-state index contributed by atoms with van der Waals surface area (Å²) in [6.07, 6.45) is -3.73. The normalized spacial score (nSPS) is 22.0. The smallest absolute Gasteiger partial charge is 0.274 e. The van der Waals surface area contributed by atoms with Crippen molar-refractivity contribution < 1.29 is 161 Å². The van der Waals surface area contributed by atoms with E-state index in [1.54, 1.807) is 0 Å². The van der Waals surface area contributed by atoms with Gasteiger partial charge in [0.2, 0.25) is 23.6 Å². The van der Waals surface area contributed by atoms with Gasteiger partial charge in [0.05, 0.1) is 54.7 Å². The highest BCUT2D eigenvalue weighted by Crippen LogP contribution is 2.59. The second kappa shape index (κ2) is 43.0. The number of phosphoric acid groups is 6. The molecule has 0 radical (unpaired) electrons. The van der Waals surface area contributed by atoms with Gasteiger partial charge in [-0.05, 0) is 62.5 Å². The number of aliphatic hydroxyl groups excluding tert-OH is 4. The number of nitrogens with one attached hydrogen (secondary N) is 4. The van der Waals surface area contributed by atoms with Gasteiger partial charge >= 0.3 is 0 Å². The van der Waals surface area contributed by atoms with Crippen LogP contribution in [0.15, 0.2) is 49.6 Å². The van der Waals surface area contributed by atoms with Gasteiger partial charge in [-0.2, -0.15) is 0 Å². The second-order valence-corrected chi connectivity index (χ2v) is 39.7. The molecule has 122 heavy (non-hydrogen) atoms. The molecule has 4 aromatic heterocycles. The molecule has 2 aliphatic heterocycles. The maximum Gasteiger partial charge on any atom is 0.274 e. The lowest BCUT2D eigenvalue weighted by molar-refractivity contribution is -0.348. The summed E-state index contributed by atoms with van der Waals surface area (Å²) in [5, 5.41) is 53.4. The molecule has 1 aromatic carbocycles. The Morgan fingerprint density at radius 2 is 0.918 bits per heavy atom. The van der Waals surface area contributed by atoms with E-state index in [2.05, 4.69) is 99.1 Å². The molecule has 5 aromatic rings. The van der Waals surface area contributed by atoms with E-state index in [9.17, 15) is 116 Å². The molecule has 14 atom stereocenters. The molecule has 14 unspecified atom stereocenters. The number of phosphoric ester groups is 6. The second-order valence-electron chi connectivity index (χ2n) is 31.6. The minimum absolute atomic E-state index is 0.0153. The van der Waals surface area contributed by atoms with E-state index in [1.807, 2.05) is 26.0 Å². The van der Waals surface area contributed by atoms with E-state index in [0.29, 0.717) is 6.42 Å². The van der Waals surface area contributed by atoms with Gasteiger partial charge in [0.25, 0.3) is 31.3 Å². The molecule has 54 heteroatoms. The molecule has 1 saturated carbocycles. The minimum Gasteiger partial charge on any atom is -0.790 e. The average Bonchev–Trinajstić information content (AvgIpc) is 1.63. The van der Waals surface area contributed by atoms with Crippen molar-refractivity contribution in [2.45, 2.75) is 218 Å².